The number of benzene rings is 2. The summed E-state index contributed by atoms with van der Waals surface area (Å²) in [5, 5.41) is 2.70. The van der Waals surface area contributed by atoms with Gasteiger partial charge < -0.3 is 24.3 Å². The minimum Gasteiger partial charge on any atom is -0.491 e. The van der Waals surface area contributed by atoms with Crippen molar-refractivity contribution in [2.75, 3.05) is 45.0 Å². The molecule has 0 aliphatic rings. The highest BCUT2D eigenvalue weighted by molar-refractivity contribution is 5.88. The van der Waals surface area contributed by atoms with Crippen LogP contribution in [0.3, 0.4) is 0 Å². The third-order valence-electron chi connectivity index (χ3n) is 3.28. The van der Waals surface area contributed by atoms with E-state index < -0.39 is 0 Å². The molecule has 140 valence electrons. The van der Waals surface area contributed by atoms with Crippen LogP contribution in [0.25, 0.3) is 0 Å². The van der Waals surface area contributed by atoms with E-state index in [0.717, 1.165) is 17.2 Å². The minimum absolute atomic E-state index is 0.0964. The van der Waals surface area contributed by atoms with Crippen LogP contribution in [-0.4, -0.2) is 45.5 Å². The maximum absolute atomic E-state index is 10.9. The Labute approximate surface area is 154 Å². The van der Waals surface area contributed by atoms with Crippen LogP contribution in [-0.2, 0) is 14.3 Å². The molecule has 0 fully saturated rings. The van der Waals surface area contributed by atoms with E-state index in [4.69, 9.17) is 18.9 Å². The summed E-state index contributed by atoms with van der Waals surface area (Å²) < 4.78 is 22.0. The summed E-state index contributed by atoms with van der Waals surface area (Å²) in [6, 6.07) is 16.8. The van der Waals surface area contributed by atoms with Gasteiger partial charge in [-0.25, -0.2) is 0 Å². The van der Waals surface area contributed by atoms with Gasteiger partial charge >= 0.3 is 0 Å². The van der Waals surface area contributed by atoms with E-state index in [-0.39, 0.29) is 5.91 Å². The molecule has 6 heteroatoms. The van der Waals surface area contributed by atoms with Crippen LogP contribution in [0.5, 0.6) is 11.5 Å². The number of ether oxygens (including phenoxy) is 4. The van der Waals surface area contributed by atoms with Crippen molar-refractivity contribution < 1.29 is 23.7 Å². The molecule has 0 bridgehead atoms. The molecule has 6 nitrogen and oxygen atoms in total. The molecular weight excluding hydrogens is 334 g/mol. The Morgan fingerprint density at radius 2 is 1.23 bits per heavy atom. The molecular formula is C20H25NO5. The zero-order valence-corrected chi connectivity index (χ0v) is 15.0. The third-order valence-corrected chi connectivity index (χ3v) is 3.28. The zero-order chi connectivity index (χ0) is 18.5. The lowest BCUT2D eigenvalue weighted by Gasteiger charge is -2.09. The fraction of sp³-hybridized carbons (Fsp3) is 0.350. The molecule has 0 atom stereocenters. The Kier molecular flexibility index (Phi) is 9.03. The number of anilines is 1. The molecule has 1 amide bonds. The predicted octanol–water partition coefficient (Wildman–Crippen LogP) is 3.14. The van der Waals surface area contributed by atoms with Gasteiger partial charge in [0.1, 0.15) is 24.7 Å². The number of nitrogens with one attached hydrogen (secondary N) is 1. The highest BCUT2D eigenvalue weighted by Crippen LogP contribution is 2.15. The van der Waals surface area contributed by atoms with E-state index in [1.54, 1.807) is 24.3 Å². The maximum atomic E-state index is 10.9. The minimum atomic E-state index is -0.0964. The molecule has 2 aromatic carbocycles. The number of amides is 1. The molecule has 0 aromatic heterocycles. The van der Waals surface area contributed by atoms with Gasteiger partial charge in [-0.2, -0.15) is 0 Å². The smallest absolute Gasteiger partial charge is 0.221 e. The van der Waals surface area contributed by atoms with Crippen molar-refractivity contribution in [2.45, 2.75) is 6.92 Å². The van der Waals surface area contributed by atoms with Crippen LogP contribution in [0, 0.1) is 0 Å². The fourth-order valence-corrected chi connectivity index (χ4v) is 2.11. The summed E-state index contributed by atoms with van der Waals surface area (Å²) in [5.74, 6) is 1.48. The lowest BCUT2D eigenvalue weighted by atomic mass is 10.3. The second-order valence-electron chi connectivity index (χ2n) is 5.44. The van der Waals surface area contributed by atoms with Crippen molar-refractivity contribution in [3.8, 4) is 11.5 Å². The van der Waals surface area contributed by atoms with Gasteiger partial charge in [-0.15, -0.1) is 0 Å². The van der Waals surface area contributed by atoms with Crippen LogP contribution in [0.4, 0.5) is 5.69 Å². The van der Waals surface area contributed by atoms with E-state index in [2.05, 4.69) is 5.32 Å². The van der Waals surface area contributed by atoms with E-state index in [1.165, 1.54) is 6.92 Å². The van der Waals surface area contributed by atoms with E-state index in [9.17, 15) is 4.79 Å². The van der Waals surface area contributed by atoms with Crippen molar-refractivity contribution in [2.24, 2.45) is 0 Å². The van der Waals surface area contributed by atoms with Gasteiger partial charge in [-0.3, -0.25) is 4.79 Å². The second-order valence-corrected chi connectivity index (χ2v) is 5.44. The van der Waals surface area contributed by atoms with Gasteiger partial charge in [-0.1, -0.05) is 18.2 Å². The Hall–Kier alpha value is -2.57. The van der Waals surface area contributed by atoms with Crippen LogP contribution >= 0.6 is 0 Å². The van der Waals surface area contributed by atoms with E-state index in [1.807, 2.05) is 30.3 Å². The Balaban J connectivity index is 1.42. The highest BCUT2D eigenvalue weighted by atomic mass is 16.6. The first-order valence-electron chi connectivity index (χ1n) is 8.58. The van der Waals surface area contributed by atoms with Crippen LogP contribution in [0.1, 0.15) is 6.92 Å². The Morgan fingerprint density at radius 1 is 0.731 bits per heavy atom. The standard InChI is InChI=1S/C20H25NO5/c1-17(22)21-18-7-9-20(10-8-18)26-16-14-24-12-11-23-13-15-25-19-5-3-2-4-6-19/h2-10H,11-16H2,1H3,(H,21,22). The monoisotopic (exact) mass is 359 g/mol. The molecule has 2 aromatic rings. The quantitative estimate of drug-likeness (QED) is 0.590. The average Bonchev–Trinajstić information content (AvgIpc) is 2.65. The van der Waals surface area contributed by atoms with Gasteiger partial charge in [0.15, 0.2) is 0 Å². The first-order chi connectivity index (χ1) is 12.7. The molecule has 0 aliphatic heterocycles. The Morgan fingerprint density at radius 3 is 1.77 bits per heavy atom. The molecule has 26 heavy (non-hydrogen) atoms. The second kappa shape index (κ2) is 11.9. The van der Waals surface area contributed by atoms with E-state index >= 15 is 0 Å². The number of para-hydroxylation sites is 1. The van der Waals surface area contributed by atoms with Crippen LogP contribution < -0.4 is 14.8 Å². The van der Waals surface area contributed by atoms with Crippen molar-refractivity contribution in [3.05, 3.63) is 54.6 Å². The first kappa shape index (κ1) is 19.8. The lowest BCUT2D eigenvalue weighted by Crippen LogP contribution is -2.13. The maximum Gasteiger partial charge on any atom is 0.221 e. The normalized spacial score (nSPS) is 10.3. The molecule has 0 radical (unpaired) electrons. The number of carbonyl (C=O) groups excluding carboxylic acids is 1. The highest BCUT2D eigenvalue weighted by Gasteiger charge is 1.98. The van der Waals surface area contributed by atoms with Gasteiger partial charge in [-0.05, 0) is 36.4 Å². The summed E-state index contributed by atoms with van der Waals surface area (Å²) in [6.45, 7) is 4.48. The van der Waals surface area contributed by atoms with Gasteiger partial charge in [0.25, 0.3) is 0 Å². The first-order valence-corrected chi connectivity index (χ1v) is 8.58. The SMILES string of the molecule is CC(=O)Nc1ccc(OCCOCCOCCOc2ccccc2)cc1. The number of carbonyl (C=O) groups is 1. The predicted molar refractivity (Wildman–Crippen MR) is 99.8 cm³/mol. The molecule has 1 N–H and O–H groups in total. The molecule has 0 saturated carbocycles. The van der Waals surface area contributed by atoms with E-state index in [0.29, 0.717) is 39.6 Å². The third kappa shape index (κ3) is 8.50. The molecule has 0 saturated heterocycles. The lowest BCUT2D eigenvalue weighted by molar-refractivity contribution is -0.114. The van der Waals surface area contributed by atoms with Gasteiger partial charge in [0.2, 0.25) is 5.91 Å². The zero-order valence-electron chi connectivity index (χ0n) is 15.0. The van der Waals surface area contributed by atoms with Crippen molar-refractivity contribution in [1.29, 1.82) is 0 Å². The number of hydrogen-bond donors (Lipinski definition) is 1. The summed E-state index contributed by atoms with van der Waals surface area (Å²) in [7, 11) is 0. The Bertz CT molecular complexity index is 630. The molecule has 0 unspecified atom stereocenters. The van der Waals surface area contributed by atoms with Crippen molar-refractivity contribution in [1.82, 2.24) is 0 Å². The number of hydrogen-bond acceptors (Lipinski definition) is 5. The fourth-order valence-electron chi connectivity index (χ4n) is 2.11. The van der Waals surface area contributed by atoms with Crippen LogP contribution in [0.2, 0.25) is 0 Å². The molecule has 0 heterocycles. The largest absolute Gasteiger partial charge is 0.491 e. The van der Waals surface area contributed by atoms with Crippen LogP contribution in [0.15, 0.2) is 54.6 Å². The molecule has 0 aliphatic carbocycles. The number of rotatable bonds is 12. The van der Waals surface area contributed by atoms with Crippen molar-refractivity contribution >= 4 is 11.6 Å². The summed E-state index contributed by atoms with van der Waals surface area (Å²) >= 11 is 0. The van der Waals surface area contributed by atoms with Gasteiger partial charge in [0, 0.05) is 12.6 Å². The summed E-state index contributed by atoms with van der Waals surface area (Å²) in [4.78, 5) is 10.9. The summed E-state index contributed by atoms with van der Waals surface area (Å²) in [5.41, 5.74) is 0.745. The molecule has 0 spiro atoms. The van der Waals surface area contributed by atoms with Gasteiger partial charge in [0.05, 0.1) is 26.4 Å². The summed E-state index contributed by atoms with van der Waals surface area (Å²) in [6.07, 6.45) is 0. The van der Waals surface area contributed by atoms with Crippen molar-refractivity contribution in [3.63, 3.8) is 0 Å². The average molecular weight is 359 g/mol. The molecule has 2 rings (SSSR count). The topological polar surface area (TPSA) is 66.0 Å².